The van der Waals surface area contributed by atoms with Gasteiger partial charge < -0.3 is 20.1 Å². The number of rotatable bonds is 8. The third-order valence-electron chi connectivity index (χ3n) is 2.89. The van der Waals surface area contributed by atoms with Gasteiger partial charge in [0.25, 0.3) is 0 Å². The van der Waals surface area contributed by atoms with Crippen LogP contribution in [-0.4, -0.2) is 46.9 Å². The maximum atomic E-state index is 5.22. The second-order valence-corrected chi connectivity index (χ2v) is 4.37. The largest absolute Gasteiger partial charge is 0.497 e. The van der Waals surface area contributed by atoms with E-state index in [1.54, 1.807) is 21.3 Å². The van der Waals surface area contributed by atoms with Crippen molar-refractivity contribution in [2.24, 2.45) is 4.99 Å². The Morgan fingerprint density at radius 2 is 1.95 bits per heavy atom. The molecule has 1 rings (SSSR count). The molecule has 0 spiro atoms. The first-order valence-corrected chi connectivity index (χ1v) is 6.86. The smallest absolute Gasteiger partial charge is 0.191 e. The van der Waals surface area contributed by atoms with E-state index >= 15 is 0 Å². The second-order valence-electron chi connectivity index (χ2n) is 4.37. The van der Waals surface area contributed by atoms with Crippen LogP contribution in [0.4, 0.5) is 0 Å². The average Bonchev–Trinajstić information content (AvgIpc) is 2.50. The van der Waals surface area contributed by atoms with Crippen molar-refractivity contribution >= 4 is 29.9 Å². The van der Waals surface area contributed by atoms with Crippen LogP contribution in [0, 0.1) is 0 Å². The number of nitrogens with zero attached hydrogens (tertiary/aromatic N) is 1. The molecule has 1 aromatic carbocycles. The van der Waals surface area contributed by atoms with Crippen LogP contribution >= 0.6 is 24.0 Å². The molecule has 21 heavy (non-hydrogen) atoms. The number of guanidine groups is 1. The Morgan fingerprint density at radius 3 is 2.62 bits per heavy atom. The molecule has 0 saturated carbocycles. The highest BCUT2D eigenvalue weighted by molar-refractivity contribution is 14.0. The van der Waals surface area contributed by atoms with Crippen molar-refractivity contribution in [3.63, 3.8) is 0 Å². The fourth-order valence-electron chi connectivity index (χ4n) is 1.82. The summed E-state index contributed by atoms with van der Waals surface area (Å²) < 4.78 is 10.2. The molecule has 6 heteroatoms. The molecule has 0 aliphatic carbocycles. The number of aliphatic imine (C=N–C) groups is 1. The fourth-order valence-corrected chi connectivity index (χ4v) is 1.82. The number of halogens is 1. The Kier molecular flexibility index (Phi) is 12.1. The summed E-state index contributed by atoms with van der Waals surface area (Å²) in [5, 5.41) is 6.46. The Balaban J connectivity index is 0.00000400. The van der Waals surface area contributed by atoms with Crippen LogP contribution in [0.5, 0.6) is 5.75 Å². The summed E-state index contributed by atoms with van der Waals surface area (Å²) in [6.07, 6.45) is 2.05. The first-order chi connectivity index (χ1) is 9.80. The zero-order valence-corrected chi connectivity index (χ0v) is 15.3. The molecule has 0 bridgehead atoms. The lowest BCUT2D eigenvalue weighted by molar-refractivity contribution is 0.203. The maximum Gasteiger partial charge on any atom is 0.191 e. The topological polar surface area (TPSA) is 54.9 Å². The lowest BCUT2D eigenvalue weighted by atomic mass is 10.1. The molecular formula is C15H26IN3O2. The third-order valence-corrected chi connectivity index (χ3v) is 2.89. The number of benzene rings is 1. The molecule has 0 aliphatic heterocycles. The van der Waals surface area contributed by atoms with E-state index in [0.717, 1.165) is 37.6 Å². The van der Waals surface area contributed by atoms with Crippen LogP contribution in [0.1, 0.15) is 12.0 Å². The number of aryl methyl sites for hydroxylation is 1. The molecule has 120 valence electrons. The Morgan fingerprint density at radius 1 is 1.19 bits per heavy atom. The monoisotopic (exact) mass is 407 g/mol. The molecule has 0 aromatic heterocycles. The van der Waals surface area contributed by atoms with Gasteiger partial charge in [-0.05, 0) is 30.5 Å². The van der Waals surface area contributed by atoms with Gasteiger partial charge in [-0.3, -0.25) is 4.99 Å². The van der Waals surface area contributed by atoms with Gasteiger partial charge in [0.15, 0.2) is 5.96 Å². The summed E-state index contributed by atoms with van der Waals surface area (Å²) in [7, 11) is 5.15. The Labute approximate surface area is 144 Å². The molecular weight excluding hydrogens is 381 g/mol. The van der Waals surface area contributed by atoms with Crippen molar-refractivity contribution in [3.05, 3.63) is 29.8 Å². The van der Waals surface area contributed by atoms with Crippen molar-refractivity contribution in [2.75, 3.05) is 41.0 Å². The van der Waals surface area contributed by atoms with Gasteiger partial charge in [-0.2, -0.15) is 0 Å². The van der Waals surface area contributed by atoms with Gasteiger partial charge in [0.05, 0.1) is 13.7 Å². The quantitative estimate of drug-likeness (QED) is 0.300. The summed E-state index contributed by atoms with van der Waals surface area (Å²) in [5.41, 5.74) is 1.29. The molecule has 2 N–H and O–H groups in total. The highest BCUT2D eigenvalue weighted by Crippen LogP contribution is 2.13. The van der Waals surface area contributed by atoms with Crippen LogP contribution in [-0.2, 0) is 11.2 Å². The number of hydrogen-bond donors (Lipinski definition) is 2. The Bertz CT molecular complexity index is 414. The summed E-state index contributed by atoms with van der Waals surface area (Å²) >= 11 is 0. The van der Waals surface area contributed by atoms with Crippen molar-refractivity contribution in [1.29, 1.82) is 0 Å². The molecule has 0 unspecified atom stereocenters. The number of hydrogen-bond acceptors (Lipinski definition) is 3. The standard InChI is InChI=1S/C15H25N3O2.HI/c1-16-15(18-10-11-19-2)17-9-5-7-13-6-4-8-14(12-13)20-3;/h4,6,8,12H,5,7,9-11H2,1-3H3,(H2,16,17,18);1H. The van der Waals surface area contributed by atoms with Crippen molar-refractivity contribution in [1.82, 2.24) is 10.6 Å². The van der Waals surface area contributed by atoms with Gasteiger partial charge in [-0.1, -0.05) is 12.1 Å². The van der Waals surface area contributed by atoms with Crippen LogP contribution < -0.4 is 15.4 Å². The number of ether oxygens (including phenoxy) is 2. The van der Waals surface area contributed by atoms with E-state index in [-0.39, 0.29) is 24.0 Å². The molecule has 0 saturated heterocycles. The van der Waals surface area contributed by atoms with Gasteiger partial charge in [0.1, 0.15) is 5.75 Å². The van der Waals surface area contributed by atoms with E-state index in [0.29, 0.717) is 6.61 Å². The Hall–Kier alpha value is -1.02. The predicted molar refractivity (Wildman–Crippen MR) is 98.0 cm³/mol. The first-order valence-electron chi connectivity index (χ1n) is 6.86. The van der Waals surface area contributed by atoms with E-state index in [9.17, 15) is 0 Å². The minimum absolute atomic E-state index is 0. The highest BCUT2D eigenvalue weighted by Gasteiger charge is 1.98. The van der Waals surface area contributed by atoms with Crippen LogP contribution in [0.25, 0.3) is 0 Å². The first kappa shape index (κ1) is 20.0. The molecule has 0 heterocycles. The minimum atomic E-state index is 0. The van der Waals surface area contributed by atoms with Crippen LogP contribution in [0.3, 0.4) is 0 Å². The average molecular weight is 407 g/mol. The van der Waals surface area contributed by atoms with Crippen molar-refractivity contribution < 1.29 is 9.47 Å². The number of nitrogens with one attached hydrogen (secondary N) is 2. The van der Waals surface area contributed by atoms with Gasteiger partial charge in [-0.15, -0.1) is 24.0 Å². The lowest BCUT2D eigenvalue weighted by Crippen LogP contribution is -2.39. The van der Waals surface area contributed by atoms with Crippen molar-refractivity contribution in [3.8, 4) is 5.75 Å². The molecule has 1 aromatic rings. The summed E-state index contributed by atoms with van der Waals surface area (Å²) in [6, 6.07) is 8.18. The van der Waals surface area contributed by atoms with Crippen molar-refractivity contribution in [2.45, 2.75) is 12.8 Å². The summed E-state index contributed by atoms with van der Waals surface area (Å²) in [6.45, 7) is 2.31. The van der Waals surface area contributed by atoms with E-state index in [1.807, 2.05) is 12.1 Å². The summed E-state index contributed by atoms with van der Waals surface area (Å²) in [5.74, 6) is 1.72. The van der Waals surface area contributed by atoms with Gasteiger partial charge >= 0.3 is 0 Å². The molecule has 0 amide bonds. The maximum absolute atomic E-state index is 5.22. The van der Waals surface area contributed by atoms with Crippen LogP contribution in [0.2, 0.25) is 0 Å². The fraction of sp³-hybridized carbons (Fsp3) is 0.533. The number of methoxy groups -OCH3 is 2. The van der Waals surface area contributed by atoms with E-state index in [4.69, 9.17) is 9.47 Å². The van der Waals surface area contributed by atoms with Gasteiger partial charge in [-0.25, -0.2) is 0 Å². The molecule has 0 fully saturated rings. The van der Waals surface area contributed by atoms with Gasteiger partial charge in [0, 0.05) is 27.2 Å². The summed E-state index contributed by atoms with van der Waals surface area (Å²) in [4.78, 5) is 4.15. The molecule has 0 atom stereocenters. The van der Waals surface area contributed by atoms with Crippen LogP contribution in [0.15, 0.2) is 29.3 Å². The second kappa shape index (κ2) is 12.7. The van der Waals surface area contributed by atoms with Gasteiger partial charge in [0.2, 0.25) is 0 Å². The highest BCUT2D eigenvalue weighted by atomic mass is 127. The molecule has 0 radical (unpaired) electrons. The normalized spacial score (nSPS) is 10.7. The molecule has 0 aliphatic rings. The van der Waals surface area contributed by atoms with E-state index in [2.05, 4.69) is 27.8 Å². The minimum Gasteiger partial charge on any atom is -0.497 e. The zero-order valence-electron chi connectivity index (χ0n) is 13.0. The van der Waals surface area contributed by atoms with E-state index < -0.39 is 0 Å². The molecule has 5 nitrogen and oxygen atoms in total. The van der Waals surface area contributed by atoms with E-state index in [1.165, 1.54) is 5.56 Å². The predicted octanol–water partition coefficient (Wildman–Crippen LogP) is 2.06. The SMILES string of the molecule is CN=C(NCCCc1cccc(OC)c1)NCCOC.I. The lowest BCUT2D eigenvalue weighted by Gasteiger charge is -2.11. The third kappa shape index (κ3) is 8.77. The zero-order chi connectivity index (χ0) is 14.6.